The lowest BCUT2D eigenvalue weighted by Gasteiger charge is -2.01. The maximum Gasteiger partial charge on any atom is 0.180 e. The smallest absolute Gasteiger partial charge is 0.180 e. The monoisotopic (exact) mass is 134 g/mol. The molecule has 0 aromatic heterocycles. The molecule has 0 aliphatic rings. The highest BCUT2D eigenvalue weighted by Gasteiger charge is 1.93. The van der Waals surface area contributed by atoms with E-state index in [-0.39, 0.29) is 0 Å². The molecule has 1 rings (SSSR count). The minimum absolute atomic E-state index is 0.711. The fourth-order valence-corrected chi connectivity index (χ4v) is 0.787. The van der Waals surface area contributed by atoms with Gasteiger partial charge in [-0.2, -0.15) is 0 Å². The van der Waals surface area contributed by atoms with Crippen LogP contribution in [0.3, 0.4) is 0 Å². The van der Waals surface area contributed by atoms with Crippen molar-refractivity contribution in [3.8, 4) is 5.75 Å². The standard InChI is InChI=1S/C9H10O/c1-7-4-5-9(10-3)6-8(7)2/h3-6H,1-2H3. The van der Waals surface area contributed by atoms with E-state index in [2.05, 4.69) is 11.7 Å². The average Bonchev–Trinajstić information content (AvgIpc) is 1.95. The topological polar surface area (TPSA) is 9.23 Å². The molecule has 0 spiro atoms. The molecule has 0 fully saturated rings. The maximum absolute atomic E-state index is 4.97. The second kappa shape index (κ2) is 2.74. The van der Waals surface area contributed by atoms with Crippen LogP contribution >= 0.6 is 0 Å². The van der Waals surface area contributed by atoms with Gasteiger partial charge in [0.05, 0.1) is 0 Å². The maximum atomic E-state index is 4.97. The molecule has 1 heteroatoms. The van der Waals surface area contributed by atoms with Gasteiger partial charge in [0, 0.05) is 0 Å². The highest BCUT2D eigenvalue weighted by atomic mass is 16.5. The first-order valence-electron chi connectivity index (χ1n) is 3.18. The molecule has 1 aromatic carbocycles. The van der Waals surface area contributed by atoms with Gasteiger partial charge in [0.25, 0.3) is 0 Å². The summed E-state index contributed by atoms with van der Waals surface area (Å²) < 4.78 is 4.55. The molecule has 0 heterocycles. The van der Waals surface area contributed by atoms with Crippen molar-refractivity contribution < 1.29 is 4.74 Å². The van der Waals surface area contributed by atoms with Crippen molar-refractivity contribution in [1.29, 1.82) is 0 Å². The fourth-order valence-electron chi connectivity index (χ4n) is 0.787. The number of aryl methyl sites for hydroxylation is 2. The summed E-state index contributed by atoms with van der Waals surface area (Å²) >= 11 is 0. The van der Waals surface area contributed by atoms with Crippen molar-refractivity contribution in [1.82, 2.24) is 0 Å². The van der Waals surface area contributed by atoms with Gasteiger partial charge in [-0.3, -0.25) is 0 Å². The van der Waals surface area contributed by atoms with Crippen LogP contribution in [-0.4, -0.2) is 0 Å². The Labute approximate surface area is 61.6 Å². The van der Waals surface area contributed by atoms with Crippen LogP contribution in [-0.2, 0) is 0 Å². The molecular formula is C9H10O. The third-order valence-corrected chi connectivity index (χ3v) is 1.61. The third-order valence-electron chi connectivity index (χ3n) is 1.61. The molecule has 1 aromatic rings. The second-order valence-electron chi connectivity index (χ2n) is 2.36. The van der Waals surface area contributed by atoms with Crippen molar-refractivity contribution in [3.05, 3.63) is 36.4 Å². The summed E-state index contributed by atoms with van der Waals surface area (Å²) in [7, 11) is 4.97. The van der Waals surface area contributed by atoms with E-state index in [9.17, 15) is 0 Å². The molecule has 0 aliphatic carbocycles. The lowest BCUT2D eigenvalue weighted by Crippen LogP contribution is -1.83. The van der Waals surface area contributed by atoms with Crippen LogP contribution in [0, 0.1) is 21.0 Å². The van der Waals surface area contributed by atoms with Crippen LogP contribution in [0.25, 0.3) is 0 Å². The quantitative estimate of drug-likeness (QED) is 0.572. The lowest BCUT2D eigenvalue weighted by atomic mass is 10.1. The number of rotatable bonds is 1. The van der Waals surface area contributed by atoms with Crippen LogP contribution in [0.5, 0.6) is 5.75 Å². The summed E-state index contributed by atoms with van der Waals surface area (Å²) in [6.07, 6.45) is 0. The van der Waals surface area contributed by atoms with Gasteiger partial charge in [-0.1, -0.05) is 6.07 Å². The molecule has 0 saturated carbocycles. The second-order valence-corrected chi connectivity index (χ2v) is 2.36. The molecule has 0 unspecified atom stereocenters. The summed E-state index contributed by atoms with van der Waals surface area (Å²) in [5, 5.41) is 0. The van der Waals surface area contributed by atoms with Gasteiger partial charge in [-0.15, -0.1) is 0 Å². The Morgan fingerprint density at radius 2 is 1.90 bits per heavy atom. The molecule has 10 heavy (non-hydrogen) atoms. The highest BCUT2D eigenvalue weighted by molar-refractivity contribution is 5.33. The van der Waals surface area contributed by atoms with E-state index >= 15 is 0 Å². The van der Waals surface area contributed by atoms with Gasteiger partial charge in [-0.05, 0) is 37.1 Å². The van der Waals surface area contributed by atoms with Gasteiger partial charge in [0.2, 0.25) is 0 Å². The third kappa shape index (κ3) is 1.29. The molecule has 0 amide bonds. The van der Waals surface area contributed by atoms with E-state index in [1.165, 1.54) is 11.1 Å². The number of benzene rings is 1. The minimum Gasteiger partial charge on any atom is -0.482 e. The minimum atomic E-state index is 0.711. The van der Waals surface area contributed by atoms with Gasteiger partial charge in [0.15, 0.2) is 7.11 Å². The molecule has 0 bridgehead atoms. The van der Waals surface area contributed by atoms with Crippen molar-refractivity contribution in [3.63, 3.8) is 0 Å². The molecule has 0 aliphatic heterocycles. The first-order valence-corrected chi connectivity index (χ1v) is 3.18. The van der Waals surface area contributed by atoms with Gasteiger partial charge in [-0.25, -0.2) is 0 Å². The van der Waals surface area contributed by atoms with Gasteiger partial charge >= 0.3 is 0 Å². The zero-order chi connectivity index (χ0) is 7.56. The number of hydrogen-bond donors (Lipinski definition) is 0. The van der Waals surface area contributed by atoms with E-state index < -0.39 is 0 Å². The normalized spacial score (nSPS) is 9.50. The van der Waals surface area contributed by atoms with Crippen LogP contribution < -0.4 is 4.74 Å². The first kappa shape index (κ1) is 7.13. The zero-order valence-corrected chi connectivity index (χ0v) is 6.22. The molecule has 0 N–H and O–H groups in total. The first-order chi connectivity index (χ1) is 4.74. The molecule has 0 saturated heterocycles. The summed E-state index contributed by atoms with van der Waals surface area (Å²) in [6, 6.07) is 5.75. The summed E-state index contributed by atoms with van der Waals surface area (Å²) in [6.45, 7) is 4.08. The average molecular weight is 134 g/mol. The van der Waals surface area contributed by atoms with E-state index in [1.807, 2.05) is 25.1 Å². The van der Waals surface area contributed by atoms with E-state index in [4.69, 9.17) is 7.11 Å². The lowest BCUT2D eigenvalue weighted by molar-refractivity contribution is 0.472. The van der Waals surface area contributed by atoms with Crippen molar-refractivity contribution in [2.45, 2.75) is 13.8 Å². The van der Waals surface area contributed by atoms with Crippen LogP contribution in [0.4, 0.5) is 0 Å². The van der Waals surface area contributed by atoms with E-state index in [0.717, 1.165) is 0 Å². The molecule has 2 radical (unpaired) electrons. The van der Waals surface area contributed by atoms with Crippen LogP contribution in [0.2, 0.25) is 0 Å². The largest absolute Gasteiger partial charge is 0.482 e. The Kier molecular flexibility index (Phi) is 1.95. The predicted molar refractivity (Wildman–Crippen MR) is 40.8 cm³/mol. The van der Waals surface area contributed by atoms with Crippen molar-refractivity contribution in [2.75, 3.05) is 0 Å². The summed E-state index contributed by atoms with van der Waals surface area (Å²) in [5.74, 6) is 0.711. The molecule has 1 nitrogen and oxygen atoms in total. The van der Waals surface area contributed by atoms with Gasteiger partial charge < -0.3 is 4.74 Å². The Morgan fingerprint density at radius 1 is 1.20 bits per heavy atom. The summed E-state index contributed by atoms with van der Waals surface area (Å²) in [5.41, 5.74) is 2.45. The summed E-state index contributed by atoms with van der Waals surface area (Å²) in [4.78, 5) is 0. The molecular weight excluding hydrogens is 124 g/mol. The predicted octanol–water partition coefficient (Wildman–Crippen LogP) is 2.35. The van der Waals surface area contributed by atoms with Crippen molar-refractivity contribution >= 4 is 0 Å². The van der Waals surface area contributed by atoms with E-state index in [1.54, 1.807) is 0 Å². The Balaban J connectivity index is 3.04. The Hall–Kier alpha value is -0.980. The van der Waals surface area contributed by atoms with Crippen molar-refractivity contribution in [2.24, 2.45) is 0 Å². The SMILES string of the molecule is [CH]Oc1ccc(C)c(C)c1. The number of ether oxygens (including phenoxy) is 1. The van der Waals surface area contributed by atoms with E-state index in [0.29, 0.717) is 5.75 Å². The highest BCUT2D eigenvalue weighted by Crippen LogP contribution is 2.15. The van der Waals surface area contributed by atoms with Gasteiger partial charge in [0.1, 0.15) is 5.75 Å². The van der Waals surface area contributed by atoms with Crippen LogP contribution in [0.1, 0.15) is 11.1 Å². The molecule has 52 valence electrons. The molecule has 0 atom stereocenters. The Morgan fingerprint density at radius 3 is 2.40 bits per heavy atom. The zero-order valence-electron chi connectivity index (χ0n) is 6.22. The Bertz CT molecular complexity index is 228. The fraction of sp³-hybridized carbons (Fsp3) is 0.222. The number of hydrogen-bond acceptors (Lipinski definition) is 1. The van der Waals surface area contributed by atoms with Crippen LogP contribution in [0.15, 0.2) is 18.2 Å².